The molecule has 1 saturated carbocycles. The number of fused-ring (bicyclic) bond motifs is 1. The molecule has 1 aromatic heterocycles. The molecule has 0 radical (unpaired) electrons. The van der Waals surface area contributed by atoms with Crippen LogP contribution in [0, 0.1) is 0 Å². The van der Waals surface area contributed by atoms with Crippen molar-refractivity contribution >= 4 is 72.6 Å². The van der Waals surface area contributed by atoms with Gasteiger partial charge < -0.3 is 9.52 Å². The average Bonchev–Trinajstić information content (AvgIpc) is 3.59. The van der Waals surface area contributed by atoms with Crippen molar-refractivity contribution in [2.75, 3.05) is 4.31 Å². The summed E-state index contributed by atoms with van der Waals surface area (Å²) in [6.07, 6.45) is 1.80. The molecule has 180 valence electrons. The zero-order valence-electron chi connectivity index (χ0n) is 18.0. The second-order valence-electron chi connectivity index (χ2n) is 8.34. The summed E-state index contributed by atoms with van der Waals surface area (Å²) in [6, 6.07) is 15.3. The average molecular weight is 595 g/mol. The quantitative estimate of drug-likeness (QED) is 0.220. The van der Waals surface area contributed by atoms with Gasteiger partial charge in [-0.05, 0) is 88.3 Å². The molecule has 0 unspecified atom stereocenters. The lowest BCUT2D eigenvalue weighted by molar-refractivity contribution is 0.0699. The molecule has 5 rings (SSSR count). The molecule has 1 aliphatic carbocycles. The van der Waals surface area contributed by atoms with Crippen LogP contribution in [0.25, 0.3) is 22.3 Å². The summed E-state index contributed by atoms with van der Waals surface area (Å²) in [6.45, 7) is 0.0769. The van der Waals surface area contributed by atoms with E-state index in [1.807, 2.05) is 0 Å². The minimum absolute atomic E-state index is 0.0357. The van der Waals surface area contributed by atoms with Crippen LogP contribution in [-0.4, -0.2) is 19.5 Å². The number of furan rings is 1. The van der Waals surface area contributed by atoms with Gasteiger partial charge in [-0.15, -0.1) is 0 Å². The number of hydrogen-bond donors (Lipinski definition) is 2. The normalized spacial score (nSPS) is 13.5. The first kappa shape index (κ1) is 24.2. The molecule has 0 spiro atoms. The largest absolute Gasteiger partial charge is 0.478 e. The van der Waals surface area contributed by atoms with Crippen molar-refractivity contribution in [3.63, 3.8) is 0 Å². The predicted molar refractivity (Wildman–Crippen MR) is 141 cm³/mol. The van der Waals surface area contributed by atoms with Crippen LogP contribution in [0.5, 0.6) is 0 Å². The van der Waals surface area contributed by atoms with Gasteiger partial charge in [-0.3, -0.25) is 4.31 Å². The van der Waals surface area contributed by atoms with E-state index in [-0.39, 0.29) is 23.8 Å². The predicted octanol–water partition coefficient (Wildman–Crippen LogP) is 7.28. The smallest absolute Gasteiger partial charge is 0.340 e. The fourth-order valence-corrected chi connectivity index (χ4v) is 5.36. The number of benzene rings is 3. The Hall–Kier alpha value is -2.52. The number of thiol groups is 1. The Morgan fingerprint density at radius 2 is 1.80 bits per heavy atom. The van der Waals surface area contributed by atoms with Gasteiger partial charge in [0, 0.05) is 26.5 Å². The molecule has 1 N–H and O–H groups in total. The van der Waals surface area contributed by atoms with Crippen LogP contribution in [0.4, 0.5) is 5.69 Å². The maximum atomic E-state index is 12.4. The molecule has 1 fully saturated rings. The molecule has 0 bridgehead atoms. The van der Waals surface area contributed by atoms with Gasteiger partial charge in [0.2, 0.25) is 10.9 Å². The maximum Gasteiger partial charge on any atom is 0.340 e. The number of carbonyl (C=O) groups is 1. The summed E-state index contributed by atoms with van der Waals surface area (Å²) in [5.41, 5.74) is 2.87. The van der Waals surface area contributed by atoms with Crippen molar-refractivity contribution in [1.29, 1.82) is 0 Å². The highest BCUT2D eigenvalue weighted by Gasteiger charge is 2.32. The highest BCUT2D eigenvalue weighted by atomic mass is 79.9. The van der Waals surface area contributed by atoms with E-state index >= 15 is 0 Å². The number of carboxylic acids is 1. The van der Waals surface area contributed by atoms with E-state index in [9.17, 15) is 18.3 Å². The van der Waals surface area contributed by atoms with Crippen LogP contribution in [0.2, 0.25) is 10.0 Å². The molecule has 3 aromatic carbocycles. The molecule has 6 nitrogen and oxygen atoms in total. The lowest BCUT2D eigenvalue weighted by Gasteiger charge is -2.21. The SMILES string of the molecule is O=C(O)c1c(-c2ccc(Cl)cc2)oc2cc(N(Cc3ccc(Br)c(Cl)c3)[SH](=O)=O)c(C3CC3)cc12. The zero-order valence-corrected chi connectivity index (χ0v) is 22.0. The Balaban J connectivity index is 1.68. The third-order valence-electron chi connectivity index (χ3n) is 5.97. The number of hydrogen-bond acceptors (Lipinski definition) is 4. The van der Waals surface area contributed by atoms with Crippen molar-refractivity contribution in [2.24, 2.45) is 0 Å². The first-order valence-electron chi connectivity index (χ1n) is 10.7. The van der Waals surface area contributed by atoms with Gasteiger partial charge in [0.15, 0.2) is 0 Å². The third kappa shape index (κ3) is 4.80. The van der Waals surface area contributed by atoms with Gasteiger partial charge in [0.05, 0.1) is 17.3 Å². The van der Waals surface area contributed by atoms with Crippen molar-refractivity contribution in [1.82, 2.24) is 0 Å². The van der Waals surface area contributed by atoms with Crippen LogP contribution >= 0.6 is 39.1 Å². The van der Waals surface area contributed by atoms with Crippen molar-refractivity contribution in [2.45, 2.75) is 25.3 Å². The molecule has 0 aliphatic heterocycles. The second kappa shape index (κ2) is 9.50. The summed E-state index contributed by atoms with van der Waals surface area (Å²) in [4.78, 5) is 12.3. The van der Waals surface area contributed by atoms with Gasteiger partial charge in [0.1, 0.15) is 16.9 Å². The first-order valence-corrected chi connectivity index (χ1v) is 13.4. The maximum absolute atomic E-state index is 12.4. The number of carboxylic acid groups (broad SMARTS) is 1. The monoisotopic (exact) mass is 593 g/mol. The molecule has 0 atom stereocenters. The minimum atomic E-state index is -3.00. The van der Waals surface area contributed by atoms with Gasteiger partial charge in [-0.1, -0.05) is 29.3 Å². The van der Waals surface area contributed by atoms with Crippen molar-refractivity contribution < 1.29 is 22.7 Å². The van der Waals surface area contributed by atoms with Crippen LogP contribution in [0.1, 0.15) is 40.2 Å². The van der Waals surface area contributed by atoms with Crippen LogP contribution in [0.15, 0.2) is 63.5 Å². The number of anilines is 1. The lowest BCUT2D eigenvalue weighted by Crippen LogP contribution is -2.22. The number of aromatic carboxylic acids is 1. The molecule has 1 aliphatic rings. The fraction of sp³-hybridized carbons (Fsp3) is 0.160. The highest BCUT2D eigenvalue weighted by molar-refractivity contribution is 9.10. The topological polar surface area (TPSA) is 87.8 Å². The Morgan fingerprint density at radius 1 is 1.09 bits per heavy atom. The Labute approximate surface area is 221 Å². The van der Waals surface area contributed by atoms with E-state index < -0.39 is 16.9 Å². The Kier molecular flexibility index (Phi) is 6.57. The summed E-state index contributed by atoms with van der Waals surface area (Å²) in [5.74, 6) is -0.781. The van der Waals surface area contributed by atoms with E-state index in [2.05, 4.69) is 15.9 Å². The molecule has 4 aromatic rings. The molecule has 10 heteroatoms. The van der Waals surface area contributed by atoms with E-state index in [0.717, 1.165) is 18.4 Å². The molecule has 1 heterocycles. The van der Waals surface area contributed by atoms with Crippen LogP contribution in [0.3, 0.4) is 0 Å². The molecular formula is C25H18BrCl2NO5S. The van der Waals surface area contributed by atoms with Gasteiger partial charge in [0.25, 0.3) is 0 Å². The summed E-state index contributed by atoms with van der Waals surface area (Å²) in [7, 11) is -3.00. The molecular weight excluding hydrogens is 577 g/mol. The van der Waals surface area contributed by atoms with Crippen molar-refractivity contribution in [3.8, 4) is 11.3 Å². The number of nitrogens with zero attached hydrogens (tertiary/aromatic N) is 1. The fourth-order valence-electron chi connectivity index (χ4n) is 4.15. The van der Waals surface area contributed by atoms with E-state index in [0.29, 0.717) is 42.3 Å². The van der Waals surface area contributed by atoms with Crippen molar-refractivity contribution in [3.05, 3.63) is 85.8 Å². The van der Waals surface area contributed by atoms with Gasteiger partial charge >= 0.3 is 5.97 Å². The first-order chi connectivity index (χ1) is 16.7. The molecule has 0 saturated heterocycles. The number of rotatable bonds is 7. The van der Waals surface area contributed by atoms with E-state index in [4.69, 9.17) is 27.6 Å². The van der Waals surface area contributed by atoms with E-state index in [1.165, 1.54) is 4.31 Å². The summed E-state index contributed by atoms with van der Waals surface area (Å²) in [5, 5.41) is 11.4. The minimum Gasteiger partial charge on any atom is -0.478 e. The second-order valence-corrected chi connectivity index (χ2v) is 11.0. The summed E-state index contributed by atoms with van der Waals surface area (Å²) < 4.78 is 32.8. The van der Waals surface area contributed by atoms with Gasteiger partial charge in [-0.25, -0.2) is 13.2 Å². The standard InChI is InChI=1S/C25H18BrCl2NO5S/c26-19-8-1-13(9-20(19)28)12-29(35(32)33)21-11-22-18(10-17(21)14-2-3-14)23(25(30)31)24(34-22)15-4-6-16(27)7-5-15/h1,4-11,14,35H,2-3,12H2,(H,30,31). The lowest BCUT2D eigenvalue weighted by atomic mass is 10.0. The summed E-state index contributed by atoms with van der Waals surface area (Å²) >= 11 is 15.6. The highest BCUT2D eigenvalue weighted by Crippen LogP contribution is 2.48. The molecule has 35 heavy (non-hydrogen) atoms. The zero-order chi connectivity index (χ0) is 24.9. The molecule has 0 amide bonds. The third-order valence-corrected chi connectivity index (χ3v) is 8.20. The Morgan fingerprint density at radius 3 is 2.40 bits per heavy atom. The van der Waals surface area contributed by atoms with Gasteiger partial charge in [-0.2, -0.15) is 0 Å². The van der Waals surface area contributed by atoms with Crippen LogP contribution < -0.4 is 4.31 Å². The Bertz CT molecular complexity index is 1540. The van der Waals surface area contributed by atoms with E-state index in [1.54, 1.807) is 54.6 Å². The van der Waals surface area contributed by atoms with Crippen LogP contribution in [-0.2, 0) is 17.4 Å². The number of halogens is 3.